The first kappa shape index (κ1) is 17.2. The van der Waals surface area contributed by atoms with Gasteiger partial charge in [0.1, 0.15) is 4.90 Å². The number of carboxylic acids is 1. The number of rotatable bonds is 9. The lowest BCUT2D eigenvalue weighted by Crippen LogP contribution is -2.25. The first-order valence-corrected chi connectivity index (χ1v) is 8.26. The van der Waals surface area contributed by atoms with Crippen LogP contribution < -0.4 is 4.72 Å². The molecule has 1 aromatic heterocycles. The van der Waals surface area contributed by atoms with Gasteiger partial charge < -0.3 is 14.3 Å². The van der Waals surface area contributed by atoms with Gasteiger partial charge in [0.05, 0.1) is 0 Å². The Morgan fingerprint density at radius 1 is 1.50 bits per heavy atom. The normalized spacial score (nSPS) is 11.7. The summed E-state index contributed by atoms with van der Waals surface area (Å²) in [7, 11) is -3.81. The van der Waals surface area contributed by atoms with Crippen LogP contribution in [0, 0.1) is 0 Å². The standard InChI is InChI=1S/C11H16BrNO6S/c1-2-5-18-6-3-4-13-20(16,17)9-7-8(11(14)15)19-10(9)12/h7,13H,2-6H2,1H3,(H,14,15). The van der Waals surface area contributed by atoms with Crippen molar-refractivity contribution in [3.8, 4) is 0 Å². The van der Waals surface area contributed by atoms with Crippen molar-refractivity contribution in [2.24, 2.45) is 0 Å². The summed E-state index contributed by atoms with van der Waals surface area (Å²) in [6.45, 7) is 3.29. The highest BCUT2D eigenvalue weighted by Gasteiger charge is 2.24. The second-order valence-electron chi connectivity index (χ2n) is 3.92. The van der Waals surface area contributed by atoms with Crippen LogP contribution in [0.3, 0.4) is 0 Å². The Kier molecular flexibility index (Phi) is 6.66. The fraction of sp³-hybridized carbons (Fsp3) is 0.545. The van der Waals surface area contributed by atoms with Crippen LogP contribution in [0.5, 0.6) is 0 Å². The maximum Gasteiger partial charge on any atom is 0.371 e. The van der Waals surface area contributed by atoms with Gasteiger partial charge in [0.15, 0.2) is 4.67 Å². The quantitative estimate of drug-likeness (QED) is 0.643. The predicted molar refractivity (Wildman–Crippen MR) is 74.3 cm³/mol. The molecule has 0 aliphatic rings. The molecule has 9 heteroatoms. The van der Waals surface area contributed by atoms with E-state index in [0.29, 0.717) is 19.6 Å². The Labute approximate surface area is 125 Å². The Morgan fingerprint density at radius 3 is 2.75 bits per heavy atom. The largest absolute Gasteiger partial charge is 0.475 e. The van der Waals surface area contributed by atoms with Gasteiger partial charge in [0.25, 0.3) is 0 Å². The molecule has 1 aromatic rings. The molecule has 0 aromatic carbocycles. The maximum absolute atomic E-state index is 11.9. The van der Waals surface area contributed by atoms with E-state index in [1.54, 1.807) is 0 Å². The molecule has 0 fully saturated rings. The molecule has 114 valence electrons. The van der Waals surface area contributed by atoms with Gasteiger partial charge in [-0.25, -0.2) is 17.9 Å². The summed E-state index contributed by atoms with van der Waals surface area (Å²) < 4.78 is 36.1. The Bertz CT molecular complexity index is 553. The number of carbonyl (C=O) groups is 1. The molecule has 20 heavy (non-hydrogen) atoms. The Morgan fingerprint density at radius 2 is 2.20 bits per heavy atom. The van der Waals surface area contributed by atoms with E-state index in [0.717, 1.165) is 12.5 Å². The van der Waals surface area contributed by atoms with Gasteiger partial charge >= 0.3 is 5.97 Å². The molecule has 0 amide bonds. The average Bonchev–Trinajstić information content (AvgIpc) is 2.77. The molecule has 0 saturated heterocycles. The zero-order chi connectivity index (χ0) is 15.2. The highest BCUT2D eigenvalue weighted by atomic mass is 79.9. The summed E-state index contributed by atoms with van der Waals surface area (Å²) in [5, 5.41) is 8.74. The lowest BCUT2D eigenvalue weighted by molar-refractivity contribution is 0.0661. The zero-order valence-corrected chi connectivity index (χ0v) is 13.3. The highest BCUT2D eigenvalue weighted by Crippen LogP contribution is 2.25. The maximum atomic E-state index is 11.9. The van der Waals surface area contributed by atoms with E-state index in [2.05, 4.69) is 20.7 Å². The second-order valence-corrected chi connectivity index (χ2v) is 6.37. The van der Waals surface area contributed by atoms with E-state index in [-0.39, 0.29) is 16.1 Å². The molecule has 7 nitrogen and oxygen atoms in total. The number of carboxylic acid groups (broad SMARTS) is 1. The fourth-order valence-corrected chi connectivity index (χ4v) is 3.36. The van der Waals surface area contributed by atoms with Crippen LogP contribution in [0.2, 0.25) is 0 Å². The lowest BCUT2D eigenvalue weighted by Gasteiger charge is -2.05. The number of halogens is 1. The molecule has 0 unspecified atom stereocenters. The van der Waals surface area contributed by atoms with Crippen molar-refractivity contribution in [2.75, 3.05) is 19.8 Å². The third-order valence-electron chi connectivity index (χ3n) is 2.26. The molecule has 1 heterocycles. The summed E-state index contributed by atoms with van der Waals surface area (Å²) in [6.07, 6.45) is 1.44. The van der Waals surface area contributed by atoms with E-state index >= 15 is 0 Å². The molecule has 0 spiro atoms. The van der Waals surface area contributed by atoms with Gasteiger partial charge in [-0.15, -0.1) is 0 Å². The third kappa shape index (κ3) is 4.89. The summed E-state index contributed by atoms with van der Waals surface area (Å²) in [6, 6.07) is 0.961. The minimum atomic E-state index is -3.81. The van der Waals surface area contributed by atoms with E-state index in [1.807, 2.05) is 6.92 Å². The zero-order valence-electron chi connectivity index (χ0n) is 10.9. The van der Waals surface area contributed by atoms with Gasteiger partial charge in [0, 0.05) is 25.8 Å². The van der Waals surface area contributed by atoms with Gasteiger partial charge in [-0.05, 0) is 28.8 Å². The number of aromatic carboxylic acids is 1. The molecule has 0 radical (unpaired) electrons. The molecular weight excluding hydrogens is 354 g/mol. The molecular formula is C11H16BrNO6S. The fourth-order valence-electron chi connectivity index (χ4n) is 1.35. The van der Waals surface area contributed by atoms with Crippen LogP contribution in [0.25, 0.3) is 0 Å². The summed E-state index contributed by atoms with van der Waals surface area (Å²) >= 11 is 2.89. The molecule has 0 atom stereocenters. The Hall–Kier alpha value is -0.900. The smallest absolute Gasteiger partial charge is 0.371 e. The predicted octanol–water partition coefficient (Wildman–Crippen LogP) is 1.84. The van der Waals surface area contributed by atoms with Crippen LogP contribution in [-0.4, -0.2) is 39.3 Å². The van der Waals surface area contributed by atoms with Gasteiger partial charge in [-0.1, -0.05) is 6.92 Å². The van der Waals surface area contributed by atoms with Crippen molar-refractivity contribution >= 4 is 31.9 Å². The van der Waals surface area contributed by atoms with Gasteiger partial charge in [0.2, 0.25) is 15.8 Å². The number of sulfonamides is 1. The molecule has 1 rings (SSSR count). The molecule has 0 bridgehead atoms. The second kappa shape index (κ2) is 7.77. The van der Waals surface area contributed by atoms with Crippen molar-refractivity contribution in [3.63, 3.8) is 0 Å². The number of furan rings is 1. The molecule has 0 aliphatic heterocycles. The van der Waals surface area contributed by atoms with Crippen molar-refractivity contribution in [1.82, 2.24) is 4.72 Å². The van der Waals surface area contributed by atoms with Crippen molar-refractivity contribution < 1.29 is 27.5 Å². The SMILES string of the molecule is CCCOCCCNS(=O)(=O)c1cc(C(=O)O)oc1Br. The van der Waals surface area contributed by atoms with Gasteiger partial charge in [-0.2, -0.15) is 0 Å². The van der Waals surface area contributed by atoms with E-state index < -0.39 is 21.8 Å². The minimum Gasteiger partial charge on any atom is -0.475 e. The van der Waals surface area contributed by atoms with Crippen LogP contribution >= 0.6 is 15.9 Å². The van der Waals surface area contributed by atoms with Crippen LogP contribution in [0.15, 0.2) is 20.0 Å². The number of nitrogens with one attached hydrogen (secondary N) is 1. The number of ether oxygens (including phenoxy) is 1. The first-order chi connectivity index (χ1) is 9.38. The third-order valence-corrected chi connectivity index (χ3v) is 4.58. The summed E-state index contributed by atoms with van der Waals surface area (Å²) in [5.41, 5.74) is 0. The molecule has 2 N–H and O–H groups in total. The first-order valence-electron chi connectivity index (χ1n) is 5.98. The van der Waals surface area contributed by atoms with Crippen molar-refractivity contribution in [3.05, 3.63) is 16.5 Å². The summed E-state index contributed by atoms with van der Waals surface area (Å²) in [4.78, 5) is 10.5. The monoisotopic (exact) mass is 369 g/mol. The summed E-state index contributed by atoms with van der Waals surface area (Å²) in [5.74, 6) is -1.77. The molecule has 0 saturated carbocycles. The Balaban J connectivity index is 2.58. The average molecular weight is 370 g/mol. The van der Waals surface area contributed by atoms with Crippen LogP contribution in [0.1, 0.15) is 30.3 Å². The van der Waals surface area contributed by atoms with Crippen molar-refractivity contribution in [1.29, 1.82) is 0 Å². The topological polar surface area (TPSA) is 106 Å². The lowest BCUT2D eigenvalue weighted by atomic mass is 10.4. The minimum absolute atomic E-state index is 0.135. The van der Waals surface area contributed by atoms with Crippen LogP contribution in [0.4, 0.5) is 0 Å². The number of hydrogen-bond acceptors (Lipinski definition) is 5. The van der Waals surface area contributed by atoms with Crippen molar-refractivity contribution in [2.45, 2.75) is 24.7 Å². The molecule has 0 aliphatic carbocycles. The number of hydrogen-bond donors (Lipinski definition) is 2. The highest BCUT2D eigenvalue weighted by molar-refractivity contribution is 9.10. The van der Waals surface area contributed by atoms with E-state index in [9.17, 15) is 13.2 Å². The van der Waals surface area contributed by atoms with Gasteiger partial charge in [-0.3, -0.25) is 0 Å². The van der Waals surface area contributed by atoms with E-state index in [4.69, 9.17) is 14.3 Å². The van der Waals surface area contributed by atoms with Crippen LogP contribution in [-0.2, 0) is 14.8 Å². The van der Waals surface area contributed by atoms with E-state index in [1.165, 1.54) is 0 Å².